The standard InChI is InChI=1S/C12H17FN2/c13-12(6-3-7-15-9-12)8-10-4-1-2-5-11(10)14/h1-2,4-5,15H,3,6-9,14H2. The Kier molecular flexibility index (Phi) is 2.91. The molecule has 1 heterocycles. The first-order valence-electron chi connectivity index (χ1n) is 5.43. The third kappa shape index (κ3) is 2.48. The third-order valence-corrected chi connectivity index (χ3v) is 2.98. The Labute approximate surface area is 89.7 Å². The van der Waals surface area contributed by atoms with Gasteiger partial charge in [0.05, 0.1) is 0 Å². The maximum atomic E-state index is 14.3. The second kappa shape index (κ2) is 4.19. The molecule has 2 rings (SSSR count). The summed E-state index contributed by atoms with van der Waals surface area (Å²) in [6, 6.07) is 7.52. The molecule has 0 saturated carbocycles. The molecule has 1 fully saturated rings. The Morgan fingerprint density at radius 2 is 2.20 bits per heavy atom. The van der Waals surface area contributed by atoms with Crippen molar-refractivity contribution >= 4 is 5.69 Å². The molecule has 1 saturated heterocycles. The molecule has 0 radical (unpaired) electrons. The Balaban J connectivity index is 2.10. The summed E-state index contributed by atoms with van der Waals surface area (Å²) in [5.41, 5.74) is 6.31. The maximum absolute atomic E-state index is 14.3. The molecule has 15 heavy (non-hydrogen) atoms. The number of hydrogen-bond acceptors (Lipinski definition) is 2. The van der Waals surface area contributed by atoms with Crippen LogP contribution in [0, 0.1) is 0 Å². The summed E-state index contributed by atoms with van der Waals surface area (Å²) < 4.78 is 14.3. The second-order valence-electron chi connectivity index (χ2n) is 4.31. The number of para-hydroxylation sites is 1. The van der Waals surface area contributed by atoms with Gasteiger partial charge in [0, 0.05) is 18.7 Å². The van der Waals surface area contributed by atoms with Gasteiger partial charge in [-0.15, -0.1) is 0 Å². The largest absolute Gasteiger partial charge is 0.399 e. The number of anilines is 1. The normalized spacial score (nSPS) is 26.5. The average molecular weight is 208 g/mol. The predicted octanol–water partition coefficient (Wildman–Crippen LogP) is 1.90. The van der Waals surface area contributed by atoms with Crippen LogP contribution in [0.2, 0.25) is 0 Å². The maximum Gasteiger partial charge on any atom is 0.127 e. The smallest absolute Gasteiger partial charge is 0.127 e. The van der Waals surface area contributed by atoms with Gasteiger partial charge in [-0.1, -0.05) is 18.2 Å². The number of nitrogens with one attached hydrogen (secondary N) is 1. The SMILES string of the molecule is Nc1ccccc1CC1(F)CCCNC1. The summed E-state index contributed by atoms with van der Waals surface area (Å²) in [6.45, 7) is 1.37. The number of rotatable bonds is 2. The van der Waals surface area contributed by atoms with Crippen LogP contribution < -0.4 is 11.1 Å². The molecule has 1 aliphatic rings. The highest BCUT2D eigenvalue weighted by Crippen LogP contribution is 2.27. The van der Waals surface area contributed by atoms with Crippen molar-refractivity contribution in [1.29, 1.82) is 0 Å². The number of alkyl halides is 1. The quantitative estimate of drug-likeness (QED) is 0.728. The minimum atomic E-state index is -1.12. The molecule has 0 amide bonds. The van der Waals surface area contributed by atoms with Crippen molar-refractivity contribution in [2.75, 3.05) is 18.8 Å². The lowest BCUT2D eigenvalue weighted by Crippen LogP contribution is -2.43. The third-order valence-electron chi connectivity index (χ3n) is 2.98. The van der Waals surface area contributed by atoms with Gasteiger partial charge in [0.2, 0.25) is 0 Å². The van der Waals surface area contributed by atoms with Gasteiger partial charge in [0.15, 0.2) is 0 Å². The van der Waals surface area contributed by atoms with Gasteiger partial charge in [-0.2, -0.15) is 0 Å². The van der Waals surface area contributed by atoms with Gasteiger partial charge in [0.25, 0.3) is 0 Å². The molecule has 1 aliphatic heterocycles. The molecule has 1 unspecified atom stereocenters. The van der Waals surface area contributed by atoms with Crippen molar-refractivity contribution in [1.82, 2.24) is 5.32 Å². The van der Waals surface area contributed by atoms with Gasteiger partial charge < -0.3 is 11.1 Å². The molecule has 1 atom stereocenters. The average Bonchev–Trinajstić information content (AvgIpc) is 2.22. The van der Waals surface area contributed by atoms with Gasteiger partial charge in [-0.25, -0.2) is 4.39 Å². The minimum absolute atomic E-state index is 0.423. The lowest BCUT2D eigenvalue weighted by atomic mass is 9.89. The van der Waals surface area contributed by atoms with Crippen molar-refractivity contribution in [2.24, 2.45) is 0 Å². The van der Waals surface area contributed by atoms with Crippen LogP contribution in [0.25, 0.3) is 0 Å². The Morgan fingerprint density at radius 1 is 1.40 bits per heavy atom. The zero-order valence-electron chi connectivity index (χ0n) is 8.80. The molecule has 1 aromatic carbocycles. The van der Waals surface area contributed by atoms with Crippen molar-refractivity contribution in [3.8, 4) is 0 Å². The number of piperidine rings is 1. The molecular weight excluding hydrogens is 191 g/mol. The molecule has 3 heteroatoms. The van der Waals surface area contributed by atoms with E-state index in [1.165, 1.54) is 0 Å². The summed E-state index contributed by atoms with van der Waals surface area (Å²) in [7, 11) is 0. The number of halogens is 1. The van der Waals surface area contributed by atoms with Crippen LogP contribution in [0.1, 0.15) is 18.4 Å². The van der Waals surface area contributed by atoms with Crippen LogP contribution in [-0.4, -0.2) is 18.8 Å². The lowest BCUT2D eigenvalue weighted by Gasteiger charge is -2.30. The summed E-state index contributed by atoms with van der Waals surface area (Å²) in [5.74, 6) is 0. The lowest BCUT2D eigenvalue weighted by molar-refractivity contribution is 0.123. The first-order valence-corrected chi connectivity index (χ1v) is 5.43. The topological polar surface area (TPSA) is 38.0 Å². The highest BCUT2D eigenvalue weighted by Gasteiger charge is 2.32. The number of nitrogens with two attached hydrogens (primary N) is 1. The van der Waals surface area contributed by atoms with Crippen LogP contribution >= 0.6 is 0 Å². The van der Waals surface area contributed by atoms with Crippen molar-refractivity contribution in [2.45, 2.75) is 24.9 Å². The molecule has 0 spiro atoms. The van der Waals surface area contributed by atoms with Gasteiger partial charge in [0.1, 0.15) is 5.67 Å². The highest BCUT2D eigenvalue weighted by atomic mass is 19.1. The summed E-state index contributed by atoms with van der Waals surface area (Å²) in [5, 5.41) is 3.10. The predicted molar refractivity (Wildman–Crippen MR) is 60.5 cm³/mol. The first kappa shape index (κ1) is 10.4. The molecule has 0 aromatic heterocycles. The van der Waals surface area contributed by atoms with Crippen LogP contribution in [0.15, 0.2) is 24.3 Å². The summed E-state index contributed by atoms with van der Waals surface area (Å²) in [4.78, 5) is 0. The highest BCUT2D eigenvalue weighted by molar-refractivity contribution is 5.47. The molecule has 3 N–H and O–H groups in total. The summed E-state index contributed by atoms with van der Waals surface area (Å²) in [6.07, 6.45) is 1.96. The van der Waals surface area contributed by atoms with Crippen LogP contribution in [0.4, 0.5) is 10.1 Å². The molecule has 0 aliphatic carbocycles. The fourth-order valence-corrected chi connectivity index (χ4v) is 2.12. The molecule has 82 valence electrons. The van der Waals surface area contributed by atoms with E-state index < -0.39 is 5.67 Å². The van der Waals surface area contributed by atoms with Crippen LogP contribution in [0.3, 0.4) is 0 Å². The fourth-order valence-electron chi connectivity index (χ4n) is 2.12. The van der Waals surface area contributed by atoms with E-state index in [4.69, 9.17) is 5.73 Å². The van der Waals surface area contributed by atoms with E-state index in [9.17, 15) is 4.39 Å². The van der Waals surface area contributed by atoms with E-state index in [1.807, 2.05) is 24.3 Å². The van der Waals surface area contributed by atoms with Gasteiger partial charge in [-0.05, 0) is 31.0 Å². The van der Waals surface area contributed by atoms with E-state index in [-0.39, 0.29) is 0 Å². The minimum Gasteiger partial charge on any atom is -0.399 e. The van der Waals surface area contributed by atoms with Crippen molar-refractivity contribution in [3.63, 3.8) is 0 Å². The first-order chi connectivity index (χ1) is 7.20. The van der Waals surface area contributed by atoms with Crippen molar-refractivity contribution < 1.29 is 4.39 Å². The zero-order valence-corrected chi connectivity index (χ0v) is 8.80. The second-order valence-corrected chi connectivity index (χ2v) is 4.31. The number of benzene rings is 1. The monoisotopic (exact) mass is 208 g/mol. The number of hydrogen-bond donors (Lipinski definition) is 2. The zero-order chi connectivity index (χ0) is 10.7. The van der Waals surface area contributed by atoms with Crippen molar-refractivity contribution in [3.05, 3.63) is 29.8 Å². The Hall–Kier alpha value is -1.09. The van der Waals surface area contributed by atoms with E-state index in [0.29, 0.717) is 25.1 Å². The van der Waals surface area contributed by atoms with E-state index >= 15 is 0 Å². The van der Waals surface area contributed by atoms with E-state index in [0.717, 1.165) is 18.5 Å². The molecular formula is C12H17FN2. The Bertz CT molecular complexity index is 332. The van der Waals surface area contributed by atoms with E-state index in [1.54, 1.807) is 0 Å². The summed E-state index contributed by atoms with van der Waals surface area (Å²) >= 11 is 0. The van der Waals surface area contributed by atoms with Crippen LogP contribution in [-0.2, 0) is 6.42 Å². The Morgan fingerprint density at radius 3 is 2.87 bits per heavy atom. The van der Waals surface area contributed by atoms with Gasteiger partial charge >= 0.3 is 0 Å². The van der Waals surface area contributed by atoms with Gasteiger partial charge in [-0.3, -0.25) is 0 Å². The molecule has 1 aromatic rings. The molecule has 0 bridgehead atoms. The van der Waals surface area contributed by atoms with E-state index in [2.05, 4.69) is 5.32 Å². The molecule has 2 nitrogen and oxygen atoms in total. The number of nitrogen functional groups attached to an aromatic ring is 1. The fraction of sp³-hybridized carbons (Fsp3) is 0.500. The van der Waals surface area contributed by atoms with Crippen LogP contribution in [0.5, 0.6) is 0 Å².